The summed E-state index contributed by atoms with van der Waals surface area (Å²) in [7, 11) is 1.57. The third-order valence-electron chi connectivity index (χ3n) is 3.59. The average Bonchev–Trinajstić information content (AvgIpc) is 2.67. The largest absolute Gasteiger partial charge is 0.497 e. The molecular formula is C19H15N3O3. The van der Waals surface area contributed by atoms with Gasteiger partial charge >= 0.3 is 0 Å². The molecule has 0 saturated heterocycles. The molecule has 3 aromatic rings. The number of nitrogens with zero attached hydrogens (tertiary/aromatic N) is 2. The van der Waals surface area contributed by atoms with E-state index in [1.165, 1.54) is 0 Å². The van der Waals surface area contributed by atoms with E-state index in [2.05, 4.69) is 9.97 Å². The molecule has 0 unspecified atom stereocenters. The zero-order chi connectivity index (χ0) is 17.6. The maximum atomic E-state index is 12.2. The van der Waals surface area contributed by atoms with Gasteiger partial charge in [0.2, 0.25) is 0 Å². The lowest BCUT2D eigenvalue weighted by atomic mass is 10.1. The second-order valence-corrected chi connectivity index (χ2v) is 5.21. The number of nitrogens with one attached hydrogen (secondary N) is 1. The van der Waals surface area contributed by atoms with Crippen LogP contribution in [0.4, 0.5) is 0 Å². The van der Waals surface area contributed by atoms with Gasteiger partial charge in [0.15, 0.2) is 0 Å². The Bertz CT molecular complexity index is 958. The van der Waals surface area contributed by atoms with E-state index in [0.29, 0.717) is 11.3 Å². The molecule has 0 saturated carbocycles. The normalized spacial score (nSPS) is 10.1. The Kier molecular flexibility index (Phi) is 4.77. The van der Waals surface area contributed by atoms with Crippen LogP contribution in [0.2, 0.25) is 0 Å². The number of methoxy groups -OCH3 is 1. The zero-order valence-corrected chi connectivity index (χ0v) is 13.5. The summed E-state index contributed by atoms with van der Waals surface area (Å²) < 4.78 is 10.7. The van der Waals surface area contributed by atoms with Gasteiger partial charge < -0.3 is 9.47 Å². The van der Waals surface area contributed by atoms with E-state index >= 15 is 0 Å². The molecule has 0 spiro atoms. The molecule has 0 aliphatic rings. The number of benzene rings is 2. The van der Waals surface area contributed by atoms with Crippen LogP contribution in [0.3, 0.4) is 0 Å². The van der Waals surface area contributed by atoms with Gasteiger partial charge in [0.25, 0.3) is 11.6 Å². The Morgan fingerprint density at radius 2 is 1.84 bits per heavy atom. The minimum atomic E-state index is -0.536. The van der Waals surface area contributed by atoms with Gasteiger partial charge in [-0.15, -0.1) is 0 Å². The molecule has 6 heteroatoms. The van der Waals surface area contributed by atoms with E-state index < -0.39 is 5.56 Å². The van der Waals surface area contributed by atoms with Crippen LogP contribution in [-0.4, -0.2) is 17.1 Å². The number of aromatic nitrogens is 2. The molecule has 6 nitrogen and oxygen atoms in total. The molecule has 0 amide bonds. The van der Waals surface area contributed by atoms with Crippen molar-refractivity contribution in [3.8, 4) is 29.1 Å². The fourth-order valence-corrected chi connectivity index (χ4v) is 2.31. The molecule has 0 aliphatic carbocycles. The Labute approximate surface area is 144 Å². The lowest BCUT2D eigenvalue weighted by Crippen LogP contribution is -2.15. The van der Waals surface area contributed by atoms with Crippen molar-refractivity contribution in [2.24, 2.45) is 0 Å². The second-order valence-electron chi connectivity index (χ2n) is 5.21. The number of H-pyrrole nitrogens is 1. The highest BCUT2D eigenvalue weighted by atomic mass is 16.5. The van der Waals surface area contributed by atoms with E-state index in [-0.39, 0.29) is 23.9 Å². The maximum Gasteiger partial charge on any atom is 0.297 e. The highest BCUT2D eigenvalue weighted by Gasteiger charge is 2.14. The van der Waals surface area contributed by atoms with Crippen molar-refractivity contribution in [2.45, 2.75) is 6.61 Å². The number of hydrogen-bond acceptors (Lipinski definition) is 5. The third kappa shape index (κ3) is 3.67. The molecule has 124 valence electrons. The van der Waals surface area contributed by atoms with Crippen LogP contribution in [0.5, 0.6) is 11.8 Å². The van der Waals surface area contributed by atoms with Crippen molar-refractivity contribution in [3.63, 3.8) is 0 Å². The van der Waals surface area contributed by atoms with E-state index in [1.54, 1.807) is 31.4 Å². The number of ether oxygens (including phenoxy) is 2. The number of aromatic amines is 1. The molecule has 0 bridgehead atoms. The summed E-state index contributed by atoms with van der Waals surface area (Å²) in [6, 6.07) is 18.5. The summed E-state index contributed by atoms with van der Waals surface area (Å²) in [5, 5.41) is 9.28. The first-order valence-corrected chi connectivity index (χ1v) is 7.57. The molecule has 1 aromatic heterocycles. The molecule has 25 heavy (non-hydrogen) atoms. The quantitative estimate of drug-likeness (QED) is 0.775. The van der Waals surface area contributed by atoms with E-state index in [1.807, 2.05) is 36.4 Å². The lowest BCUT2D eigenvalue weighted by molar-refractivity contribution is 0.280. The number of rotatable bonds is 5. The van der Waals surface area contributed by atoms with Crippen LogP contribution < -0.4 is 15.0 Å². The van der Waals surface area contributed by atoms with Crippen LogP contribution in [0.15, 0.2) is 59.4 Å². The van der Waals surface area contributed by atoms with Gasteiger partial charge in [-0.1, -0.05) is 30.3 Å². The minimum Gasteiger partial charge on any atom is -0.497 e. The first-order valence-electron chi connectivity index (χ1n) is 7.57. The fourth-order valence-electron chi connectivity index (χ4n) is 2.31. The SMILES string of the molecule is COc1ccc(-c2nc(OCc3ccccc3)[nH]c(=O)c2C#N)cc1. The molecule has 2 aromatic carbocycles. The Balaban J connectivity index is 1.95. The molecule has 0 radical (unpaired) electrons. The van der Waals surface area contributed by atoms with Crippen molar-refractivity contribution < 1.29 is 9.47 Å². The van der Waals surface area contributed by atoms with Crippen molar-refractivity contribution in [1.82, 2.24) is 9.97 Å². The molecule has 1 heterocycles. The first kappa shape index (κ1) is 16.3. The van der Waals surface area contributed by atoms with E-state index in [0.717, 1.165) is 5.56 Å². The fraction of sp³-hybridized carbons (Fsp3) is 0.105. The van der Waals surface area contributed by atoms with Crippen LogP contribution in [0.25, 0.3) is 11.3 Å². The minimum absolute atomic E-state index is 0.0581. The highest BCUT2D eigenvalue weighted by Crippen LogP contribution is 2.23. The van der Waals surface area contributed by atoms with Gasteiger partial charge in [0, 0.05) is 5.56 Å². The predicted molar refractivity (Wildman–Crippen MR) is 92.3 cm³/mol. The molecule has 0 aliphatic heterocycles. The van der Waals surface area contributed by atoms with Gasteiger partial charge in [0.1, 0.15) is 24.0 Å². The number of nitriles is 1. The van der Waals surface area contributed by atoms with Crippen LogP contribution >= 0.6 is 0 Å². The Morgan fingerprint density at radius 1 is 1.12 bits per heavy atom. The average molecular weight is 333 g/mol. The monoisotopic (exact) mass is 333 g/mol. The molecule has 0 fully saturated rings. The van der Waals surface area contributed by atoms with Crippen molar-refractivity contribution >= 4 is 0 Å². The summed E-state index contributed by atoms with van der Waals surface area (Å²) in [6.07, 6.45) is 0. The summed E-state index contributed by atoms with van der Waals surface area (Å²) >= 11 is 0. The standard InChI is InChI=1S/C19H15N3O3/c1-24-15-9-7-14(8-10-15)17-16(11-20)18(23)22-19(21-17)25-12-13-5-3-2-4-6-13/h2-10H,12H2,1H3,(H,21,22,23). The van der Waals surface area contributed by atoms with E-state index in [9.17, 15) is 10.1 Å². The van der Waals surface area contributed by atoms with Gasteiger partial charge in [-0.05, 0) is 29.8 Å². The van der Waals surface area contributed by atoms with Gasteiger partial charge in [-0.25, -0.2) is 0 Å². The van der Waals surface area contributed by atoms with Crippen LogP contribution in [-0.2, 0) is 6.61 Å². The second kappa shape index (κ2) is 7.32. The Morgan fingerprint density at radius 3 is 2.48 bits per heavy atom. The van der Waals surface area contributed by atoms with Crippen LogP contribution in [0.1, 0.15) is 11.1 Å². The lowest BCUT2D eigenvalue weighted by Gasteiger charge is -2.09. The topological polar surface area (TPSA) is 88.0 Å². The van der Waals surface area contributed by atoms with Crippen molar-refractivity contribution in [3.05, 3.63) is 76.1 Å². The van der Waals surface area contributed by atoms with Gasteiger partial charge in [0.05, 0.1) is 12.8 Å². The Hall–Kier alpha value is -3.59. The van der Waals surface area contributed by atoms with Crippen LogP contribution in [0, 0.1) is 11.3 Å². The maximum absolute atomic E-state index is 12.2. The van der Waals surface area contributed by atoms with Gasteiger partial charge in [-0.3, -0.25) is 9.78 Å². The first-order chi connectivity index (χ1) is 12.2. The van der Waals surface area contributed by atoms with Crippen molar-refractivity contribution in [1.29, 1.82) is 5.26 Å². The molecular weight excluding hydrogens is 318 g/mol. The van der Waals surface area contributed by atoms with E-state index in [4.69, 9.17) is 9.47 Å². The smallest absolute Gasteiger partial charge is 0.297 e. The summed E-state index contributed by atoms with van der Waals surface area (Å²) in [5.41, 5.74) is 1.26. The van der Waals surface area contributed by atoms with Crippen molar-refractivity contribution in [2.75, 3.05) is 7.11 Å². The zero-order valence-electron chi connectivity index (χ0n) is 13.5. The number of hydrogen-bond donors (Lipinski definition) is 1. The summed E-state index contributed by atoms with van der Waals surface area (Å²) in [5.74, 6) is 0.674. The third-order valence-corrected chi connectivity index (χ3v) is 3.59. The summed E-state index contributed by atoms with van der Waals surface area (Å²) in [4.78, 5) is 19.0. The highest BCUT2D eigenvalue weighted by molar-refractivity contribution is 5.66. The molecule has 3 rings (SSSR count). The molecule has 1 N–H and O–H groups in total. The predicted octanol–water partition coefficient (Wildman–Crippen LogP) is 2.90. The summed E-state index contributed by atoms with van der Waals surface area (Å²) in [6.45, 7) is 0.262. The van der Waals surface area contributed by atoms with Gasteiger partial charge in [-0.2, -0.15) is 10.2 Å². The molecule has 0 atom stereocenters.